The Labute approximate surface area is 55.8 Å². The van der Waals surface area contributed by atoms with Gasteiger partial charge in [0.15, 0.2) is 0 Å². The number of hydrogen-bond acceptors (Lipinski definition) is 2. The van der Waals surface area contributed by atoms with E-state index in [2.05, 4.69) is 5.11 Å². The smallest absolute Gasteiger partial charge is 0.0621 e. The lowest BCUT2D eigenvalue weighted by Crippen LogP contribution is -1.72. The summed E-state index contributed by atoms with van der Waals surface area (Å²) in [4.78, 5) is 0. The highest BCUT2D eigenvalue weighted by atomic mass is 15.0. The Kier molecular flexibility index (Phi) is 3.60. The van der Waals surface area contributed by atoms with Crippen LogP contribution in [0.2, 0.25) is 0 Å². The molecule has 2 nitrogen and oxygen atoms in total. The van der Waals surface area contributed by atoms with Crippen molar-refractivity contribution in [1.29, 1.82) is 5.53 Å². The zero-order valence-electron chi connectivity index (χ0n) is 6.10. The fraction of sp³-hybridized carbons (Fsp3) is 0.429. The Morgan fingerprint density at radius 1 is 1.44 bits per heavy atom. The zero-order chi connectivity index (χ0) is 7.28. The van der Waals surface area contributed by atoms with Gasteiger partial charge in [-0.15, -0.1) is 0 Å². The minimum Gasteiger partial charge on any atom is -0.205 e. The second-order valence-electron chi connectivity index (χ2n) is 1.88. The third-order valence-electron chi connectivity index (χ3n) is 1.16. The second-order valence-corrected chi connectivity index (χ2v) is 1.88. The molecular weight excluding hydrogens is 112 g/mol. The summed E-state index contributed by atoms with van der Waals surface area (Å²) >= 11 is 0. The Bertz CT molecular complexity index is 154. The largest absolute Gasteiger partial charge is 0.205 e. The van der Waals surface area contributed by atoms with Crippen LogP contribution in [0, 0.1) is 5.53 Å². The number of nitrogens with zero attached hydrogens (tertiary/aromatic N) is 1. The van der Waals surface area contributed by atoms with Gasteiger partial charge in [0, 0.05) is 0 Å². The summed E-state index contributed by atoms with van der Waals surface area (Å²) < 4.78 is 0. The van der Waals surface area contributed by atoms with E-state index < -0.39 is 0 Å². The second kappa shape index (κ2) is 4.01. The fourth-order valence-electron chi connectivity index (χ4n) is 0.459. The summed E-state index contributed by atoms with van der Waals surface area (Å²) in [7, 11) is 0. The lowest BCUT2D eigenvalue weighted by molar-refractivity contribution is 1.04. The van der Waals surface area contributed by atoms with E-state index in [4.69, 9.17) is 5.53 Å². The molecule has 0 unspecified atom stereocenters. The quantitative estimate of drug-likeness (QED) is 0.434. The molecule has 0 amide bonds. The Hall–Kier alpha value is -0.920. The third-order valence-corrected chi connectivity index (χ3v) is 1.16. The topological polar surface area (TPSA) is 36.2 Å². The molecule has 0 aliphatic heterocycles. The molecule has 0 aromatic rings. The van der Waals surface area contributed by atoms with Gasteiger partial charge < -0.3 is 0 Å². The molecule has 0 spiro atoms. The average molecular weight is 124 g/mol. The molecule has 0 heterocycles. The summed E-state index contributed by atoms with van der Waals surface area (Å²) in [6.45, 7) is 5.70. The van der Waals surface area contributed by atoms with Gasteiger partial charge in [-0.1, -0.05) is 12.2 Å². The normalized spacial score (nSPS) is 13.7. The molecule has 0 fully saturated rings. The van der Waals surface area contributed by atoms with Gasteiger partial charge in [0.25, 0.3) is 0 Å². The van der Waals surface area contributed by atoms with Gasteiger partial charge in [0.1, 0.15) is 0 Å². The standard InChI is InChI=1S/C7H12N2/c1-4-5-6(2)7(3)9-8/h4-5,8H,1-3H3/b5-4-,7-6-,9-8?. The average Bonchev–Trinajstić information content (AvgIpc) is 1.87. The molecule has 0 atom stereocenters. The van der Waals surface area contributed by atoms with Crippen LogP contribution in [0.5, 0.6) is 0 Å². The maximum absolute atomic E-state index is 6.65. The van der Waals surface area contributed by atoms with Crippen LogP contribution in [0.15, 0.2) is 28.5 Å². The highest BCUT2D eigenvalue weighted by molar-refractivity contribution is 5.20. The van der Waals surface area contributed by atoms with Crippen LogP contribution in [0.3, 0.4) is 0 Å². The highest BCUT2D eigenvalue weighted by Crippen LogP contribution is 2.04. The van der Waals surface area contributed by atoms with Crippen molar-refractivity contribution >= 4 is 0 Å². The van der Waals surface area contributed by atoms with Crippen molar-refractivity contribution in [3.8, 4) is 0 Å². The van der Waals surface area contributed by atoms with Crippen LogP contribution in [-0.4, -0.2) is 0 Å². The maximum atomic E-state index is 6.65. The van der Waals surface area contributed by atoms with Crippen molar-refractivity contribution in [2.45, 2.75) is 20.8 Å². The molecule has 0 aliphatic carbocycles. The van der Waals surface area contributed by atoms with Crippen molar-refractivity contribution in [2.75, 3.05) is 0 Å². The van der Waals surface area contributed by atoms with E-state index >= 15 is 0 Å². The lowest BCUT2D eigenvalue weighted by atomic mass is 10.2. The van der Waals surface area contributed by atoms with Crippen LogP contribution in [0.25, 0.3) is 0 Å². The molecule has 0 aromatic carbocycles. The van der Waals surface area contributed by atoms with Crippen LogP contribution in [-0.2, 0) is 0 Å². The maximum Gasteiger partial charge on any atom is 0.0621 e. The summed E-state index contributed by atoms with van der Waals surface area (Å²) in [5, 5.41) is 3.29. The Balaban J connectivity index is 4.27. The van der Waals surface area contributed by atoms with Crippen LogP contribution in [0.4, 0.5) is 0 Å². The monoisotopic (exact) mass is 124 g/mol. The van der Waals surface area contributed by atoms with Gasteiger partial charge in [-0.3, -0.25) is 0 Å². The third kappa shape index (κ3) is 2.80. The Morgan fingerprint density at radius 2 is 2.00 bits per heavy atom. The van der Waals surface area contributed by atoms with Gasteiger partial charge >= 0.3 is 0 Å². The van der Waals surface area contributed by atoms with Gasteiger partial charge in [-0.25, -0.2) is 5.53 Å². The van der Waals surface area contributed by atoms with Crippen molar-refractivity contribution in [2.24, 2.45) is 5.11 Å². The molecule has 0 rings (SSSR count). The first-order valence-electron chi connectivity index (χ1n) is 2.90. The predicted octanol–water partition coefficient (Wildman–Crippen LogP) is 2.89. The van der Waals surface area contributed by atoms with E-state index in [-0.39, 0.29) is 0 Å². The molecule has 0 bridgehead atoms. The van der Waals surface area contributed by atoms with E-state index in [0.29, 0.717) is 0 Å². The molecule has 9 heavy (non-hydrogen) atoms. The first-order chi connectivity index (χ1) is 4.22. The van der Waals surface area contributed by atoms with Crippen LogP contribution < -0.4 is 0 Å². The van der Waals surface area contributed by atoms with E-state index in [9.17, 15) is 0 Å². The molecule has 0 aromatic heterocycles. The van der Waals surface area contributed by atoms with Gasteiger partial charge in [0.2, 0.25) is 0 Å². The molecular formula is C7H12N2. The van der Waals surface area contributed by atoms with Crippen molar-refractivity contribution < 1.29 is 0 Å². The SMILES string of the molecule is C/C=C\C(C)=C(\C)N=N. The molecule has 50 valence electrons. The Morgan fingerprint density at radius 3 is 2.33 bits per heavy atom. The molecule has 0 aliphatic rings. The van der Waals surface area contributed by atoms with E-state index in [1.165, 1.54) is 0 Å². The first kappa shape index (κ1) is 8.08. The molecule has 0 saturated heterocycles. The number of allylic oxidation sites excluding steroid dienone is 4. The first-order valence-corrected chi connectivity index (χ1v) is 2.90. The van der Waals surface area contributed by atoms with E-state index in [0.717, 1.165) is 11.3 Å². The van der Waals surface area contributed by atoms with Crippen LogP contribution >= 0.6 is 0 Å². The molecule has 2 heteroatoms. The lowest BCUT2D eigenvalue weighted by Gasteiger charge is -1.91. The summed E-state index contributed by atoms with van der Waals surface area (Å²) in [6, 6.07) is 0. The predicted molar refractivity (Wildman–Crippen MR) is 38.3 cm³/mol. The van der Waals surface area contributed by atoms with Gasteiger partial charge in [0.05, 0.1) is 5.70 Å². The number of hydrogen-bond donors (Lipinski definition) is 1. The summed E-state index contributed by atoms with van der Waals surface area (Å²) in [5.74, 6) is 0. The van der Waals surface area contributed by atoms with Crippen molar-refractivity contribution in [3.63, 3.8) is 0 Å². The summed E-state index contributed by atoms with van der Waals surface area (Å²) in [6.07, 6.45) is 3.87. The van der Waals surface area contributed by atoms with E-state index in [1.54, 1.807) is 0 Å². The van der Waals surface area contributed by atoms with Crippen molar-refractivity contribution in [3.05, 3.63) is 23.4 Å². The van der Waals surface area contributed by atoms with Gasteiger partial charge in [-0.2, -0.15) is 5.11 Å². The molecule has 1 N–H and O–H groups in total. The number of rotatable bonds is 2. The molecule has 0 radical (unpaired) electrons. The summed E-state index contributed by atoms with van der Waals surface area (Å²) in [5.41, 5.74) is 8.47. The minimum atomic E-state index is 0.771. The van der Waals surface area contributed by atoms with Crippen LogP contribution in [0.1, 0.15) is 20.8 Å². The fourth-order valence-corrected chi connectivity index (χ4v) is 0.459. The number of nitrogens with one attached hydrogen (secondary N) is 1. The zero-order valence-corrected chi connectivity index (χ0v) is 6.10. The minimum absolute atomic E-state index is 0.771. The highest BCUT2D eigenvalue weighted by Gasteiger charge is 1.86. The van der Waals surface area contributed by atoms with Gasteiger partial charge in [-0.05, 0) is 26.3 Å². The molecule has 0 saturated carbocycles. The van der Waals surface area contributed by atoms with E-state index in [1.807, 2.05) is 32.9 Å². The van der Waals surface area contributed by atoms with Crippen molar-refractivity contribution in [1.82, 2.24) is 0 Å².